The van der Waals surface area contributed by atoms with Gasteiger partial charge in [-0.2, -0.15) is 0 Å². The second kappa shape index (κ2) is 3.69. The lowest BCUT2D eigenvalue weighted by Crippen LogP contribution is -2.12. The number of carbonyl (C=O) groups is 1. The van der Waals surface area contributed by atoms with Gasteiger partial charge in [-0.25, -0.2) is 9.78 Å². The van der Waals surface area contributed by atoms with Gasteiger partial charge >= 0.3 is 5.97 Å². The first-order valence-corrected chi connectivity index (χ1v) is 5.77. The predicted molar refractivity (Wildman–Crippen MR) is 55.0 cm³/mol. The van der Waals surface area contributed by atoms with Crippen LogP contribution in [0.4, 0.5) is 0 Å². The molecule has 0 amide bonds. The molecule has 3 nitrogen and oxygen atoms in total. The van der Waals surface area contributed by atoms with Crippen LogP contribution in [-0.4, -0.2) is 16.1 Å². The molecule has 0 saturated heterocycles. The van der Waals surface area contributed by atoms with Crippen LogP contribution in [-0.2, 0) is 6.42 Å². The SMILES string of the molecule is CCc1nc(C2CCC2)c(C(=O)O)s1. The molecule has 0 radical (unpaired) electrons. The highest BCUT2D eigenvalue weighted by Gasteiger charge is 2.28. The Morgan fingerprint density at radius 2 is 2.36 bits per heavy atom. The largest absolute Gasteiger partial charge is 0.477 e. The van der Waals surface area contributed by atoms with Crippen molar-refractivity contribution in [3.63, 3.8) is 0 Å². The fraction of sp³-hybridized carbons (Fsp3) is 0.600. The molecule has 1 saturated carbocycles. The van der Waals surface area contributed by atoms with E-state index in [-0.39, 0.29) is 0 Å². The van der Waals surface area contributed by atoms with Crippen LogP contribution in [0.3, 0.4) is 0 Å². The van der Waals surface area contributed by atoms with E-state index in [2.05, 4.69) is 4.98 Å². The molecule has 1 aromatic heterocycles. The number of nitrogens with zero attached hydrogens (tertiary/aromatic N) is 1. The third-order valence-corrected chi connectivity index (χ3v) is 3.89. The first kappa shape index (κ1) is 9.65. The summed E-state index contributed by atoms with van der Waals surface area (Å²) in [6, 6.07) is 0. The number of hydrogen-bond donors (Lipinski definition) is 1. The maximum atomic E-state index is 11.0. The summed E-state index contributed by atoms with van der Waals surface area (Å²) >= 11 is 1.33. The standard InChI is InChI=1S/C10H13NO2S/c1-2-7-11-8(6-4-3-5-6)9(14-7)10(12)13/h6H,2-5H2,1H3,(H,12,13). The minimum absolute atomic E-state index is 0.414. The molecule has 0 spiro atoms. The van der Waals surface area contributed by atoms with Gasteiger partial charge in [0.2, 0.25) is 0 Å². The zero-order valence-electron chi connectivity index (χ0n) is 8.12. The van der Waals surface area contributed by atoms with Crippen molar-refractivity contribution in [2.24, 2.45) is 0 Å². The Labute approximate surface area is 86.8 Å². The van der Waals surface area contributed by atoms with E-state index in [1.807, 2.05) is 6.92 Å². The van der Waals surface area contributed by atoms with Crippen molar-refractivity contribution in [1.29, 1.82) is 0 Å². The molecular formula is C10H13NO2S. The van der Waals surface area contributed by atoms with Gasteiger partial charge in [0.1, 0.15) is 4.88 Å². The van der Waals surface area contributed by atoms with Crippen molar-refractivity contribution >= 4 is 17.3 Å². The highest BCUT2D eigenvalue weighted by molar-refractivity contribution is 7.13. The normalized spacial score (nSPS) is 16.6. The van der Waals surface area contributed by atoms with Gasteiger partial charge in [0, 0.05) is 5.92 Å². The summed E-state index contributed by atoms with van der Waals surface area (Å²) in [7, 11) is 0. The summed E-state index contributed by atoms with van der Waals surface area (Å²) in [6.07, 6.45) is 4.25. The van der Waals surface area contributed by atoms with Crippen molar-refractivity contribution in [3.05, 3.63) is 15.6 Å². The van der Waals surface area contributed by atoms with Gasteiger partial charge in [-0.1, -0.05) is 13.3 Å². The zero-order valence-corrected chi connectivity index (χ0v) is 8.93. The van der Waals surface area contributed by atoms with Crippen molar-refractivity contribution in [2.75, 3.05) is 0 Å². The molecule has 0 bridgehead atoms. The van der Waals surface area contributed by atoms with Gasteiger partial charge in [0.15, 0.2) is 0 Å². The number of aromatic nitrogens is 1. The molecule has 14 heavy (non-hydrogen) atoms. The Morgan fingerprint density at radius 3 is 2.79 bits per heavy atom. The predicted octanol–water partition coefficient (Wildman–Crippen LogP) is 2.67. The number of aryl methyl sites for hydroxylation is 1. The van der Waals surface area contributed by atoms with E-state index >= 15 is 0 Å². The molecule has 1 aliphatic rings. The molecule has 1 heterocycles. The molecule has 4 heteroatoms. The fourth-order valence-corrected chi connectivity index (χ4v) is 2.57. The highest BCUT2D eigenvalue weighted by atomic mass is 32.1. The number of carboxylic acid groups (broad SMARTS) is 1. The summed E-state index contributed by atoms with van der Waals surface area (Å²) in [6.45, 7) is 2.01. The minimum atomic E-state index is -0.816. The van der Waals surface area contributed by atoms with E-state index in [0.717, 1.165) is 30.0 Å². The lowest BCUT2D eigenvalue weighted by molar-refractivity contribution is 0.0699. The van der Waals surface area contributed by atoms with Crippen LogP contribution in [0.5, 0.6) is 0 Å². The number of thiazole rings is 1. The zero-order chi connectivity index (χ0) is 10.1. The van der Waals surface area contributed by atoms with Crippen LogP contribution in [0.25, 0.3) is 0 Å². The molecule has 0 atom stereocenters. The Balaban J connectivity index is 2.34. The summed E-state index contributed by atoms with van der Waals surface area (Å²) in [5.41, 5.74) is 0.839. The molecule has 1 aromatic rings. The monoisotopic (exact) mass is 211 g/mol. The minimum Gasteiger partial charge on any atom is -0.477 e. The van der Waals surface area contributed by atoms with Crippen LogP contribution in [0.1, 0.15) is 52.5 Å². The third-order valence-electron chi connectivity index (χ3n) is 2.69. The highest BCUT2D eigenvalue weighted by Crippen LogP contribution is 2.39. The molecular weight excluding hydrogens is 198 g/mol. The van der Waals surface area contributed by atoms with E-state index in [1.165, 1.54) is 17.8 Å². The van der Waals surface area contributed by atoms with Crippen molar-refractivity contribution in [2.45, 2.75) is 38.5 Å². The molecule has 2 rings (SSSR count). The van der Waals surface area contributed by atoms with E-state index in [0.29, 0.717) is 10.8 Å². The fourth-order valence-electron chi connectivity index (χ4n) is 1.64. The number of carboxylic acids is 1. The van der Waals surface area contributed by atoms with Gasteiger partial charge in [-0.15, -0.1) is 11.3 Å². The Hall–Kier alpha value is -0.900. The van der Waals surface area contributed by atoms with Crippen molar-refractivity contribution < 1.29 is 9.90 Å². The summed E-state index contributed by atoms with van der Waals surface area (Å²) in [4.78, 5) is 15.8. The summed E-state index contributed by atoms with van der Waals surface area (Å²) in [5, 5.41) is 9.96. The van der Waals surface area contributed by atoms with Gasteiger partial charge in [-0.3, -0.25) is 0 Å². The van der Waals surface area contributed by atoms with E-state index in [1.54, 1.807) is 0 Å². The Kier molecular flexibility index (Phi) is 2.54. The third kappa shape index (κ3) is 1.54. The Bertz CT molecular complexity index is 355. The van der Waals surface area contributed by atoms with Gasteiger partial charge < -0.3 is 5.11 Å². The van der Waals surface area contributed by atoms with Crippen LogP contribution in [0.15, 0.2) is 0 Å². The molecule has 1 fully saturated rings. The smallest absolute Gasteiger partial charge is 0.347 e. The molecule has 0 unspecified atom stereocenters. The average Bonchev–Trinajstić information content (AvgIpc) is 2.45. The second-order valence-electron chi connectivity index (χ2n) is 3.61. The average molecular weight is 211 g/mol. The van der Waals surface area contributed by atoms with Crippen molar-refractivity contribution in [1.82, 2.24) is 4.98 Å². The van der Waals surface area contributed by atoms with Crippen molar-refractivity contribution in [3.8, 4) is 0 Å². The number of hydrogen-bond acceptors (Lipinski definition) is 3. The summed E-state index contributed by atoms with van der Waals surface area (Å²) in [5.74, 6) is -0.401. The first-order chi connectivity index (χ1) is 6.72. The van der Waals surface area contributed by atoms with Crippen LogP contribution < -0.4 is 0 Å². The maximum absolute atomic E-state index is 11.0. The number of rotatable bonds is 3. The van der Waals surface area contributed by atoms with Crippen LogP contribution in [0, 0.1) is 0 Å². The number of aromatic carboxylic acids is 1. The van der Waals surface area contributed by atoms with E-state index in [4.69, 9.17) is 5.11 Å². The topological polar surface area (TPSA) is 50.2 Å². The lowest BCUT2D eigenvalue weighted by atomic mass is 9.82. The van der Waals surface area contributed by atoms with Crippen LogP contribution in [0.2, 0.25) is 0 Å². The molecule has 0 aromatic carbocycles. The first-order valence-electron chi connectivity index (χ1n) is 4.95. The summed E-state index contributed by atoms with van der Waals surface area (Å²) < 4.78 is 0. The molecule has 0 aliphatic heterocycles. The van der Waals surface area contributed by atoms with Crippen LogP contribution >= 0.6 is 11.3 Å². The molecule has 76 valence electrons. The maximum Gasteiger partial charge on any atom is 0.347 e. The Morgan fingerprint density at radius 1 is 1.64 bits per heavy atom. The van der Waals surface area contributed by atoms with Gasteiger partial charge in [-0.05, 0) is 19.3 Å². The lowest BCUT2D eigenvalue weighted by Gasteiger charge is -2.23. The second-order valence-corrected chi connectivity index (χ2v) is 4.69. The quantitative estimate of drug-likeness (QED) is 0.836. The molecule has 1 N–H and O–H groups in total. The van der Waals surface area contributed by atoms with Gasteiger partial charge in [0.05, 0.1) is 10.7 Å². The van der Waals surface area contributed by atoms with Gasteiger partial charge in [0.25, 0.3) is 0 Å². The van der Waals surface area contributed by atoms with E-state index in [9.17, 15) is 4.79 Å². The van der Waals surface area contributed by atoms with E-state index < -0.39 is 5.97 Å². The molecule has 1 aliphatic carbocycles.